The molecule has 0 spiro atoms. The molecule has 7 nitrogen and oxygen atoms in total. The van der Waals surface area contributed by atoms with Crippen LogP contribution in [0.3, 0.4) is 0 Å². The fourth-order valence-corrected chi connectivity index (χ4v) is 2.99. The highest BCUT2D eigenvalue weighted by Gasteiger charge is 2.25. The van der Waals surface area contributed by atoms with E-state index < -0.39 is 11.7 Å². The average molecular weight is 356 g/mol. The van der Waals surface area contributed by atoms with Crippen molar-refractivity contribution in [1.82, 2.24) is 14.0 Å². The van der Waals surface area contributed by atoms with Gasteiger partial charge in [0, 0.05) is 30.6 Å². The Morgan fingerprint density at radius 2 is 2.15 bits per heavy atom. The number of nitrogens with zero attached hydrogens (tertiary/aromatic N) is 3. The number of carbonyl (C=O) groups is 1. The van der Waals surface area contributed by atoms with Crippen LogP contribution in [0.4, 0.5) is 4.39 Å². The van der Waals surface area contributed by atoms with Gasteiger partial charge < -0.3 is 15.0 Å². The summed E-state index contributed by atoms with van der Waals surface area (Å²) in [5.41, 5.74) is 5.67. The Morgan fingerprint density at radius 1 is 1.38 bits per heavy atom. The largest absolute Gasteiger partial charge is 0.497 e. The third kappa shape index (κ3) is 2.73. The van der Waals surface area contributed by atoms with Gasteiger partial charge >= 0.3 is 0 Å². The molecule has 2 heterocycles. The molecule has 134 valence electrons. The number of ether oxygens (including phenoxy) is 1. The van der Waals surface area contributed by atoms with Crippen LogP contribution in [-0.2, 0) is 6.54 Å². The normalized spacial score (nSPS) is 13.9. The molecule has 1 fully saturated rings. The van der Waals surface area contributed by atoms with Gasteiger partial charge in [0.1, 0.15) is 17.3 Å². The van der Waals surface area contributed by atoms with E-state index in [2.05, 4.69) is 4.98 Å². The second-order valence-corrected chi connectivity index (χ2v) is 6.44. The Labute approximate surface area is 147 Å². The molecule has 0 radical (unpaired) electrons. The first-order valence-electron chi connectivity index (χ1n) is 8.24. The maximum absolute atomic E-state index is 14.6. The van der Waals surface area contributed by atoms with Crippen LogP contribution in [0.1, 0.15) is 23.3 Å². The van der Waals surface area contributed by atoms with E-state index >= 15 is 0 Å². The Balaban J connectivity index is 1.97. The van der Waals surface area contributed by atoms with E-state index in [0.29, 0.717) is 23.9 Å². The van der Waals surface area contributed by atoms with Crippen LogP contribution < -0.4 is 16.0 Å². The predicted molar refractivity (Wildman–Crippen MR) is 92.6 cm³/mol. The number of carbonyl (C=O) groups excluding carboxylic acids is 1. The number of nitrogens with two attached hydrogens (primary N) is 1. The molecule has 0 saturated heterocycles. The number of aromatic nitrogens is 3. The predicted octanol–water partition coefficient (Wildman–Crippen LogP) is 1.82. The van der Waals surface area contributed by atoms with Gasteiger partial charge in [-0.15, -0.1) is 0 Å². The van der Waals surface area contributed by atoms with Gasteiger partial charge in [0.05, 0.1) is 12.8 Å². The Morgan fingerprint density at radius 3 is 2.77 bits per heavy atom. The molecule has 1 aliphatic carbocycles. The molecule has 2 N–H and O–H groups in total. The second-order valence-electron chi connectivity index (χ2n) is 6.44. The van der Waals surface area contributed by atoms with Crippen molar-refractivity contribution in [2.45, 2.75) is 19.4 Å². The fourth-order valence-electron chi connectivity index (χ4n) is 2.99. The number of hydrogen-bond acceptors (Lipinski definition) is 4. The molecule has 3 aromatic rings. The Kier molecular flexibility index (Phi) is 3.75. The van der Waals surface area contributed by atoms with Crippen molar-refractivity contribution in [3.63, 3.8) is 0 Å². The highest BCUT2D eigenvalue weighted by Crippen LogP contribution is 2.33. The summed E-state index contributed by atoms with van der Waals surface area (Å²) in [5, 5.41) is 0. The summed E-state index contributed by atoms with van der Waals surface area (Å²) in [6, 6.07) is 4.48. The maximum Gasteiger partial charge on any atom is 0.294 e. The van der Waals surface area contributed by atoms with Gasteiger partial charge in [-0.1, -0.05) is 0 Å². The standard InChI is InChI=1S/C18H17FN4O3/c1-26-11-4-5-12(13(19)6-11)15-9-22-8-14(16(20)24)21-17(22)18(25)23(15)7-10-2-3-10/h4-6,8-10H,2-3,7H2,1H3,(H2,20,24). The molecule has 0 aliphatic heterocycles. The van der Waals surface area contributed by atoms with Crippen molar-refractivity contribution < 1.29 is 13.9 Å². The summed E-state index contributed by atoms with van der Waals surface area (Å²) in [5.74, 6) is -0.440. The summed E-state index contributed by atoms with van der Waals surface area (Å²) in [4.78, 5) is 28.4. The van der Waals surface area contributed by atoms with Gasteiger partial charge in [-0.05, 0) is 30.9 Å². The zero-order valence-electron chi connectivity index (χ0n) is 14.1. The molecule has 0 bridgehead atoms. The smallest absolute Gasteiger partial charge is 0.294 e. The minimum absolute atomic E-state index is 0.00701. The van der Waals surface area contributed by atoms with E-state index in [1.54, 1.807) is 18.3 Å². The van der Waals surface area contributed by atoms with Crippen LogP contribution in [-0.4, -0.2) is 27.0 Å². The number of primary amides is 1. The van der Waals surface area contributed by atoms with Gasteiger partial charge in [0.15, 0.2) is 0 Å². The van der Waals surface area contributed by atoms with Crippen LogP contribution >= 0.6 is 0 Å². The van der Waals surface area contributed by atoms with Crippen molar-refractivity contribution in [3.05, 3.63) is 52.5 Å². The number of rotatable bonds is 5. The molecule has 0 unspecified atom stereocenters. The SMILES string of the molecule is COc1ccc(-c2cn3cc(C(N)=O)nc3c(=O)n2CC2CC2)c(F)c1. The molecule has 1 amide bonds. The van der Waals surface area contributed by atoms with Gasteiger partial charge in [-0.25, -0.2) is 9.37 Å². The molecule has 1 aliphatic rings. The lowest BCUT2D eigenvalue weighted by Crippen LogP contribution is -2.25. The first-order valence-corrected chi connectivity index (χ1v) is 8.24. The molecule has 0 atom stereocenters. The summed E-state index contributed by atoms with van der Waals surface area (Å²) < 4.78 is 22.6. The zero-order chi connectivity index (χ0) is 18.4. The zero-order valence-corrected chi connectivity index (χ0v) is 14.1. The number of halogens is 1. The first-order chi connectivity index (χ1) is 12.5. The number of imidazole rings is 1. The van der Waals surface area contributed by atoms with Gasteiger partial charge in [0.2, 0.25) is 5.65 Å². The van der Waals surface area contributed by atoms with E-state index in [0.717, 1.165) is 12.8 Å². The van der Waals surface area contributed by atoms with Crippen molar-refractivity contribution in [2.24, 2.45) is 11.7 Å². The van der Waals surface area contributed by atoms with Crippen LogP contribution in [0.2, 0.25) is 0 Å². The van der Waals surface area contributed by atoms with Gasteiger partial charge in [-0.3, -0.25) is 14.0 Å². The lowest BCUT2D eigenvalue weighted by molar-refractivity contribution is 0.0996. The van der Waals surface area contributed by atoms with Crippen LogP contribution in [0.5, 0.6) is 5.75 Å². The second kappa shape index (κ2) is 5.98. The monoisotopic (exact) mass is 356 g/mol. The molecule has 1 aromatic carbocycles. The van der Waals surface area contributed by atoms with E-state index in [1.807, 2.05) is 0 Å². The maximum atomic E-state index is 14.6. The minimum Gasteiger partial charge on any atom is -0.497 e. The summed E-state index contributed by atoms with van der Waals surface area (Å²) >= 11 is 0. The van der Waals surface area contributed by atoms with Crippen LogP contribution in [0.25, 0.3) is 16.9 Å². The topological polar surface area (TPSA) is 91.6 Å². The quantitative estimate of drug-likeness (QED) is 0.755. The van der Waals surface area contributed by atoms with Crippen molar-refractivity contribution >= 4 is 11.6 Å². The number of amides is 1. The van der Waals surface area contributed by atoms with Gasteiger partial charge in [0.25, 0.3) is 11.5 Å². The minimum atomic E-state index is -0.723. The number of hydrogen-bond donors (Lipinski definition) is 1. The highest BCUT2D eigenvalue weighted by molar-refractivity contribution is 5.91. The van der Waals surface area contributed by atoms with E-state index in [-0.39, 0.29) is 22.5 Å². The molecule has 26 heavy (non-hydrogen) atoms. The van der Waals surface area contributed by atoms with Crippen LogP contribution in [0, 0.1) is 11.7 Å². The van der Waals surface area contributed by atoms with E-state index in [4.69, 9.17) is 10.5 Å². The van der Waals surface area contributed by atoms with E-state index in [9.17, 15) is 14.0 Å². The summed E-state index contributed by atoms with van der Waals surface area (Å²) in [7, 11) is 1.46. The van der Waals surface area contributed by atoms with Crippen molar-refractivity contribution in [2.75, 3.05) is 7.11 Å². The van der Waals surface area contributed by atoms with E-state index in [1.165, 1.54) is 28.3 Å². The number of benzene rings is 1. The fraction of sp³-hybridized carbons (Fsp3) is 0.278. The van der Waals surface area contributed by atoms with Crippen molar-refractivity contribution in [1.29, 1.82) is 0 Å². The lowest BCUT2D eigenvalue weighted by atomic mass is 10.1. The third-order valence-electron chi connectivity index (χ3n) is 4.56. The molecule has 8 heteroatoms. The summed E-state index contributed by atoms with van der Waals surface area (Å²) in [6.07, 6.45) is 5.04. The summed E-state index contributed by atoms with van der Waals surface area (Å²) in [6.45, 7) is 0.481. The number of methoxy groups -OCH3 is 1. The third-order valence-corrected chi connectivity index (χ3v) is 4.56. The Hall–Kier alpha value is -3.16. The van der Waals surface area contributed by atoms with Crippen molar-refractivity contribution in [3.8, 4) is 17.0 Å². The molecule has 4 rings (SSSR count). The molecule has 2 aromatic heterocycles. The Bertz CT molecular complexity index is 1080. The molecular weight excluding hydrogens is 339 g/mol. The van der Waals surface area contributed by atoms with Crippen LogP contribution in [0.15, 0.2) is 35.4 Å². The molecular formula is C18H17FN4O3. The first kappa shape index (κ1) is 16.3. The van der Waals surface area contributed by atoms with Gasteiger partial charge in [-0.2, -0.15) is 0 Å². The average Bonchev–Trinajstić information content (AvgIpc) is 3.33. The lowest BCUT2D eigenvalue weighted by Gasteiger charge is -2.14. The molecule has 1 saturated carbocycles. The number of fused-ring (bicyclic) bond motifs is 1. The highest BCUT2D eigenvalue weighted by atomic mass is 19.1.